The largest absolute Gasteiger partial charge is 0.399 e. The van der Waals surface area contributed by atoms with Crippen molar-refractivity contribution in [3.05, 3.63) is 53.6 Å². The van der Waals surface area contributed by atoms with Crippen LogP contribution in [0, 0.1) is 6.92 Å². The van der Waals surface area contributed by atoms with Gasteiger partial charge < -0.3 is 15.5 Å². The Morgan fingerprint density at radius 3 is 2.19 bits per heavy atom. The Morgan fingerprint density at radius 1 is 1.00 bits per heavy atom. The van der Waals surface area contributed by atoms with Crippen LogP contribution in [0.2, 0.25) is 0 Å². The van der Waals surface area contributed by atoms with Gasteiger partial charge in [-0.15, -0.1) is 0 Å². The highest BCUT2D eigenvalue weighted by atomic mass is 16.2. The first kappa shape index (κ1) is 14.9. The molecule has 0 aromatic heterocycles. The molecule has 0 fully saturated rings. The third-order valence-electron chi connectivity index (χ3n) is 3.44. The molecule has 0 spiro atoms. The maximum Gasteiger partial charge on any atom is 0.255 e. The quantitative estimate of drug-likeness (QED) is 0.881. The second kappa shape index (κ2) is 5.87. The summed E-state index contributed by atoms with van der Waals surface area (Å²) in [5.41, 5.74) is 10.2. The van der Waals surface area contributed by atoms with Gasteiger partial charge >= 0.3 is 0 Å². The van der Waals surface area contributed by atoms with Crippen LogP contribution in [0.15, 0.2) is 42.5 Å². The van der Waals surface area contributed by atoms with E-state index in [9.17, 15) is 4.79 Å². The first-order chi connectivity index (χ1) is 9.90. The highest BCUT2D eigenvalue weighted by Gasteiger charge is 2.17. The van der Waals surface area contributed by atoms with Crippen molar-refractivity contribution in [2.45, 2.75) is 6.92 Å². The van der Waals surface area contributed by atoms with E-state index >= 15 is 0 Å². The lowest BCUT2D eigenvalue weighted by molar-refractivity contribution is 0.0828. The van der Waals surface area contributed by atoms with Gasteiger partial charge in [-0.2, -0.15) is 0 Å². The fourth-order valence-electron chi connectivity index (χ4n) is 2.16. The molecule has 1 amide bonds. The predicted molar refractivity (Wildman–Crippen MR) is 88.1 cm³/mol. The molecule has 0 aliphatic heterocycles. The summed E-state index contributed by atoms with van der Waals surface area (Å²) in [5.74, 6) is -0.0380. The molecule has 0 saturated heterocycles. The number of nitrogens with two attached hydrogens (primary N) is 1. The minimum Gasteiger partial charge on any atom is -0.399 e. The molecule has 0 heterocycles. The number of hydrogen-bond donors (Lipinski definition) is 1. The minimum atomic E-state index is -0.0380. The first-order valence-corrected chi connectivity index (χ1v) is 6.81. The van der Waals surface area contributed by atoms with E-state index in [1.807, 2.05) is 49.2 Å². The van der Waals surface area contributed by atoms with E-state index in [2.05, 4.69) is 0 Å². The summed E-state index contributed by atoms with van der Waals surface area (Å²) in [6.45, 7) is 2.05. The highest BCUT2D eigenvalue weighted by molar-refractivity contribution is 6.01. The molecule has 4 nitrogen and oxygen atoms in total. The van der Waals surface area contributed by atoms with Crippen molar-refractivity contribution >= 4 is 23.0 Å². The summed E-state index contributed by atoms with van der Waals surface area (Å²) >= 11 is 0. The molecular weight excluding hydrogens is 262 g/mol. The van der Waals surface area contributed by atoms with Gasteiger partial charge in [0, 0.05) is 32.5 Å². The predicted octanol–water partition coefficient (Wildman–Crippen LogP) is 3.05. The zero-order chi connectivity index (χ0) is 15.6. The zero-order valence-electron chi connectivity index (χ0n) is 12.9. The number of amides is 1. The molecule has 0 aliphatic rings. The Balaban J connectivity index is 2.48. The number of carbonyl (C=O) groups excluding carboxylic acids is 1. The maximum absolute atomic E-state index is 12.3. The van der Waals surface area contributed by atoms with E-state index in [1.54, 1.807) is 31.1 Å². The molecule has 0 bridgehead atoms. The van der Waals surface area contributed by atoms with Gasteiger partial charge in [0.15, 0.2) is 0 Å². The van der Waals surface area contributed by atoms with Crippen molar-refractivity contribution in [3.63, 3.8) is 0 Å². The minimum absolute atomic E-state index is 0.0380. The molecular formula is C17H21N3O. The third-order valence-corrected chi connectivity index (χ3v) is 3.44. The maximum atomic E-state index is 12.3. The number of benzene rings is 2. The molecule has 110 valence electrons. The Morgan fingerprint density at radius 2 is 1.62 bits per heavy atom. The van der Waals surface area contributed by atoms with Crippen LogP contribution in [0.4, 0.5) is 17.1 Å². The van der Waals surface area contributed by atoms with Crippen molar-refractivity contribution in [1.29, 1.82) is 0 Å². The molecule has 0 aliphatic carbocycles. The fraction of sp³-hybridized carbons (Fsp3) is 0.235. The van der Waals surface area contributed by atoms with Gasteiger partial charge in [-0.25, -0.2) is 0 Å². The van der Waals surface area contributed by atoms with Crippen LogP contribution < -0.4 is 10.6 Å². The van der Waals surface area contributed by atoms with Crippen molar-refractivity contribution in [2.75, 3.05) is 31.8 Å². The van der Waals surface area contributed by atoms with Gasteiger partial charge in [0.05, 0.1) is 11.3 Å². The molecule has 2 N–H and O–H groups in total. The van der Waals surface area contributed by atoms with Gasteiger partial charge in [0.25, 0.3) is 5.91 Å². The monoisotopic (exact) mass is 283 g/mol. The summed E-state index contributed by atoms with van der Waals surface area (Å²) in [7, 11) is 5.43. The molecule has 4 heteroatoms. The third kappa shape index (κ3) is 3.16. The topological polar surface area (TPSA) is 49.6 Å². The fourth-order valence-corrected chi connectivity index (χ4v) is 2.16. The molecule has 2 aromatic carbocycles. The molecule has 0 radical (unpaired) electrons. The summed E-state index contributed by atoms with van der Waals surface area (Å²) in [4.78, 5) is 15.9. The first-order valence-electron chi connectivity index (χ1n) is 6.81. The lowest BCUT2D eigenvalue weighted by Gasteiger charge is -2.24. The lowest BCUT2D eigenvalue weighted by atomic mass is 10.1. The van der Waals surface area contributed by atoms with Crippen LogP contribution >= 0.6 is 0 Å². The van der Waals surface area contributed by atoms with Gasteiger partial charge in [-0.05, 0) is 37.3 Å². The van der Waals surface area contributed by atoms with E-state index in [1.165, 1.54) is 5.56 Å². The van der Waals surface area contributed by atoms with E-state index in [4.69, 9.17) is 5.73 Å². The van der Waals surface area contributed by atoms with Crippen molar-refractivity contribution in [2.24, 2.45) is 0 Å². The summed E-state index contributed by atoms with van der Waals surface area (Å²) in [6, 6.07) is 13.5. The summed E-state index contributed by atoms with van der Waals surface area (Å²) in [5, 5.41) is 0. The van der Waals surface area contributed by atoms with Gasteiger partial charge in [-0.3, -0.25) is 4.79 Å². The number of carbonyl (C=O) groups is 1. The second-order valence-electron chi connectivity index (χ2n) is 5.37. The molecule has 0 atom stereocenters. The number of hydrogen-bond acceptors (Lipinski definition) is 3. The van der Waals surface area contributed by atoms with Crippen LogP contribution in [0.1, 0.15) is 15.9 Å². The number of anilines is 3. The zero-order valence-corrected chi connectivity index (χ0v) is 12.9. The summed E-state index contributed by atoms with van der Waals surface area (Å²) < 4.78 is 0. The van der Waals surface area contributed by atoms with Crippen molar-refractivity contribution in [1.82, 2.24) is 4.90 Å². The number of aryl methyl sites for hydroxylation is 1. The molecule has 21 heavy (non-hydrogen) atoms. The van der Waals surface area contributed by atoms with Crippen LogP contribution in [-0.2, 0) is 0 Å². The van der Waals surface area contributed by atoms with Gasteiger partial charge in [0.2, 0.25) is 0 Å². The Bertz CT molecular complexity index is 648. The van der Waals surface area contributed by atoms with Crippen molar-refractivity contribution < 1.29 is 4.79 Å². The normalized spacial score (nSPS) is 10.3. The van der Waals surface area contributed by atoms with Crippen LogP contribution in [0.3, 0.4) is 0 Å². The Hall–Kier alpha value is -2.49. The van der Waals surface area contributed by atoms with E-state index in [0.717, 1.165) is 11.4 Å². The average molecular weight is 283 g/mol. The number of nitrogens with zero attached hydrogens (tertiary/aromatic N) is 2. The molecule has 2 rings (SSSR count). The lowest BCUT2D eigenvalue weighted by Crippen LogP contribution is -2.24. The summed E-state index contributed by atoms with van der Waals surface area (Å²) in [6.07, 6.45) is 0. The van der Waals surface area contributed by atoms with Crippen molar-refractivity contribution in [3.8, 4) is 0 Å². The number of nitrogen functional groups attached to an aromatic ring is 1. The van der Waals surface area contributed by atoms with E-state index in [0.29, 0.717) is 11.3 Å². The van der Waals surface area contributed by atoms with Crippen LogP contribution in [0.5, 0.6) is 0 Å². The Kier molecular flexibility index (Phi) is 4.17. The van der Waals surface area contributed by atoms with E-state index < -0.39 is 0 Å². The Labute approximate surface area is 125 Å². The average Bonchev–Trinajstić information content (AvgIpc) is 2.46. The van der Waals surface area contributed by atoms with Crippen LogP contribution in [-0.4, -0.2) is 32.0 Å². The van der Waals surface area contributed by atoms with Gasteiger partial charge in [0.1, 0.15) is 0 Å². The molecule has 0 unspecified atom stereocenters. The van der Waals surface area contributed by atoms with Gasteiger partial charge in [-0.1, -0.05) is 17.7 Å². The number of rotatable bonds is 3. The standard InChI is InChI=1S/C17H21N3O/c1-12-5-8-14(9-6-12)20(4)16-11-13(18)7-10-15(16)17(21)19(2)3/h5-11H,18H2,1-4H3. The highest BCUT2D eigenvalue weighted by Crippen LogP contribution is 2.29. The SMILES string of the molecule is Cc1ccc(N(C)c2cc(N)ccc2C(=O)N(C)C)cc1. The van der Waals surface area contributed by atoms with E-state index in [-0.39, 0.29) is 5.91 Å². The molecule has 0 saturated carbocycles. The smallest absolute Gasteiger partial charge is 0.255 e. The van der Waals surface area contributed by atoms with Crippen LogP contribution in [0.25, 0.3) is 0 Å². The molecule has 2 aromatic rings. The second-order valence-corrected chi connectivity index (χ2v) is 5.37.